The maximum atomic E-state index is 12.8. The van der Waals surface area contributed by atoms with Gasteiger partial charge < -0.3 is 9.80 Å². The summed E-state index contributed by atoms with van der Waals surface area (Å²) in [4.78, 5) is 30.1. The number of piperidine rings is 1. The van der Waals surface area contributed by atoms with Gasteiger partial charge in [-0.25, -0.2) is 9.97 Å². The van der Waals surface area contributed by atoms with Gasteiger partial charge in [-0.05, 0) is 44.4 Å². The lowest BCUT2D eigenvalue weighted by Gasteiger charge is -2.40. The molecule has 6 nitrogen and oxygen atoms in total. The van der Waals surface area contributed by atoms with Crippen molar-refractivity contribution in [2.75, 3.05) is 31.1 Å². The van der Waals surface area contributed by atoms with Crippen LogP contribution in [0.15, 0.2) is 36.8 Å². The molecule has 2 saturated heterocycles. The molecular weight excluding hydrogens is 314 g/mol. The van der Waals surface area contributed by atoms with Crippen LogP contribution in [0.3, 0.4) is 0 Å². The number of anilines is 1. The Labute approximate surface area is 147 Å². The molecule has 6 heteroatoms. The average molecular weight is 337 g/mol. The molecule has 0 saturated carbocycles. The molecule has 0 aromatic carbocycles. The molecule has 2 aromatic rings. The summed E-state index contributed by atoms with van der Waals surface area (Å²) in [5.41, 5.74) is 1.77. The molecule has 0 unspecified atom stereocenters. The molecule has 0 bridgehead atoms. The smallest absolute Gasteiger partial charge is 0.255 e. The number of amides is 1. The zero-order chi connectivity index (χ0) is 17.3. The number of hydrogen-bond acceptors (Lipinski definition) is 5. The van der Waals surface area contributed by atoms with Gasteiger partial charge in [0.1, 0.15) is 0 Å². The van der Waals surface area contributed by atoms with Crippen molar-refractivity contribution in [3.63, 3.8) is 0 Å². The van der Waals surface area contributed by atoms with Crippen molar-refractivity contribution < 1.29 is 4.79 Å². The molecule has 25 heavy (non-hydrogen) atoms. The maximum absolute atomic E-state index is 12.8. The van der Waals surface area contributed by atoms with E-state index in [0.717, 1.165) is 57.1 Å². The highest BCUT2D eigenvalue weighted by molar-refractivity contribution is 5.94. The Bertz CT molecular complexity index is 748. The molecule has 2 aliphatic rings. The number of nitrogens with zero attached hydrogens (tertiary/aromatic N) is 5. The third-order valence-electron chi connectivity index (χ3n) is 5.38. The molecule has 130 valence electrons. The predicted molar refractivity (Wildman–Crippen MR) is 95.4 cm³/mol. The van der Waals surface area contributed by atoms with Crippen molar-refractivity contribution in [1.29, 1.82) is 0 Å². The third kappa shape index (κ3) is 3.21. The summed E-state index contributed by atoms with van der Waals surface area (Å²) in [5, 5.41) is 0. The number of likely N-dealkylation sites (tertiary alicyclic amines) is 1. The Hall–Kier alpha value is -2.50. The number of aryl methyl sites for hydroxylation is 1. The van der Waals surface area contributed by atoms with Gasteiger partial charge in [0.25, 0.3) is 5.91 Å². The standard InChI is InChI=1S/C19H23N5O/c1-15-4-5-16(12-22-15)17(25)23-11-7-19(13-23)6-2-10-24(14-19)18-20-8-3-9-21-18/h3-5,8-9,12H,2,6-7,10-11,13-14H2,1H3/t19-/m1/s1. The van der Waals surface area contributed by atoms with E-state index in [-0.39, 0.29) is 11.3 Å². The molecule has 2 fully saturated rings. The first-order valence-corrected chi connectivity index (χ1v) is 8.89. The van der Waals surface area contributed by atoms with Crippen LogP contribution in [-0.4, -0.2) is 51.9 Å². The monoisotopic (exact) mass is 337 g/mol. The van der Waals surface area contributed by atoms with E-state index >= 15 is 0 Å². The van der Waals surface area contributed by atoms with Gasteiger partial charge in [0.15, 0.2) is 0 Å². The lowest BCUT2D eigenvalue weighted by Crippen LogP contribution is -2.46. The summed E-state index contributed by atoms with van der Waals surface area (Å²) in [7, 11) is 0. The molecule has 2 aliphatic heterocycles. The molecule has 0 radical (unpaired) electrons. The van der Waals surface area contributed by atoms with Crippen molar-refractivity contribution in [3.8, 4) is 0 Å². The number of pyridine rings is 1. The molecule has 4 heterocycles. The summed E-state index contributed by atoms with van der Waals surface area (Å²) in [5.74, 6) is 0.895. The van der Waals surface area contributed by atoms with Crippen LogP contribution in [0.1, 0.15) is 35.3 Å². The molecule has 0 N–H and O–H groups in total. The lowest BCUT2D eigenvalue weighted by atomic mass is 9.79. The van der Waals surface area contributed by atoms with Gasteiger partial charge in [-0.15, -0.1) is 0 Å². The van der Waals surface area contributed by atoms with Crippen molar-refractivity contribution >= 4 is 11.9 Å². The van der Waals surface area contributed by atoms with Gasteiger partial charge in [0.05, 0.1) is 5.56 Å². The van der Waals surface area contributed by atoms with E-state index in [0.29, 0.717) is 5.56 Å². The van der Waals surface area contributed by atoms with Crippen LogP contribution >= 0.6 is 0 Å². The topological polar surface area (TPSA) is 62.2 Å². The first kappa shape index (κ1) is 16.0. The molecular formula is C19H23N5O. The summed E-state index contributed by atoms with van der Waals surface area (Å²) in [6.45, 7) is 5.47. The SMILES string of the molecule is Cc1ccc(C(=O)N2CC[C@]3(CCCN(c4ncccn4)C3)C2)cn1. The Morgan fingerprint density at radius 3 is 2.68 bits per heavy atom. The molecule has 1 atom stereocenters. The quantitative estimate of drug-likeness (QED) is 0.841. The summed E-state index contributed by atoms with van der Waals surface area (Å²) in [6, 6.07) is 5.61. The normalized spacial score (nSPS) is 23.2. The fourth-order valence-corrected chi connectivity index (χ4v) is 4.05. The van der Waals surface area contributed by atoms with E-state index in [2.05, 4.69) is 19.9 Å². The molecule has 4 rings (SSSR count). The lowest BCUT2D eigenvalue weighted by molar-refractivity contribution is 0.0767. The molecule has 1 amide bonds. The Kier molecular flexibility index (Phi) is 4.11. The third-order valence-corrected chi connectivity index (χ3v) is 5.38. The minimum absolute atomic E-state index is 0.0949. The van der Waals surface area contributed by atoms with Gasteiger partial charge in [0.2, 0.25) is 5.95 Å². The molecule has 2 aromatic heterocycles. The largest absolute Gasteiger partial charge is 0.340 e. The molecule has 1 spiro atoms. The number of rotatable bonds is 2. The summed E-state index contributed by atoms with van der Waals surface area (Å²) >= 11 is 0. The second kappa shape index (κ2) is 6.43. The van der Waals surface area contributed by atoms with Crippen molar-refractivity contribution in [1.82, 2.24) is 19.9 Å². The van der Waals surface area contributed by atoms with E-state index in [1.807, 2.05) is 30.0 Å². The fraction of sp³-hybridized carbons (Fsp3) is 0.474. The zero-order valence-electron chi connectivity index (χ0n) is 14.6. The van der Waals surface area contributed by atoms with Gasteiger partial charge in [-0.2, -0.15) is 0 Å². The maximum Gasteiger partial charge on any atom is 0.255 e. The minimum Gasteiger partial charge on any atom is -0.340 e. The van der Waals surface area contributed by atoms with Crippen molar-refractivity contribution in [2.45, 2.75) is 26.2 Å². The highest BCUT2D eigenvalue weighted by Gasteiger charge is 2.43. The average Bonchev–Trinajstić information content (AvgIpc) is 3.06. The van der Waals surface area contributed by atoms with E-state index in [9.17, 15) is 4.79 Å². The van der Waals surface area contributed by atoms with Crippen LogP contribution in [-0.2, 0) is 0 Å². The zero-order valence-corrected chi connectivity index (χ0v) is 14.6. The number of hydrogen-bond donors (Lipinski definition) is 0. The first-order chi connectivity index (χ1) is 12.2. The van der Waals surface area contributed by atoms with Crippen LogP contribution in [0.25, 0.3) is 0 Å². The van der Waals surface area contributed by atoms with Crippen LogP contribution in [0.4, 0.5) is 5.95 Å². The van der Waals surface area contributed by atoms with Gasteiger partial charge in [-0.3, -0.25) is 9.78 Å². The van der Waals surface area contributed by atoms with Gasteiger partial charge in [-0.1, -0.05) is 0 Å². The number of carbonyl (C=O) groups is 1. The van der Waals surface area contributed by atoms with E-state index in [1.165, 1.54) is 0 Å². The Morgan fingerprint density at radius 2 is 1.92 bits per heavy atom. The van der Waals surface area contributed by atoms with Gasteiger partial charge >= 0.3 is 0 Å². The van der Waals surface area contributed by atoms with Crippen LogP contribution < -0.4 is 4.90 Å². The highest BCUT2D eigenvalue weighted by atomic mass is 16.2. The summed E-state index contributed by atoms with van der Waals surface area (Å²) in [6.07, 6.45) is 8.59. The second-order valence-electron chi connectivity index (χ2n) is 7.24. The second-order valence-corrected chi connectivity index (χ2v) is 7.24. The van der Waals surface area contributed by atoms with Crippen LogP contribution in [0.5, 0.6) is 0 Å². The van der Waals surface area contributed by atoms with E-state index in [1.54, 1.807) is 18.6 Å². The number of carbonyl (C=O) groups excluding carboxylic acids is 1. The Morgan fingerprint density at radius 1 is 1.08 bits per heavy atom. The highest BCUT2D eigenvalue weighted by Crippen LogP contribution is 2.40. The van der Waals surface area contributed by atoms with Crippen LogP contribution in [0.2, 0.25) is 0 Å². The van der Waals surface area contributed by atoms with E-state index < -0.39 is 0 Å². The van der Waals surface area contributed by atoms with Crippen molar-refractivity contribution in [3.05, 3.63) is 48.0 Å². The predicted octanol–water partition coefficient (Wildman–Crippen LogP) is 2.31. The first-order valence-electron chi connectivity index (χ1n) is 8.89. The Balaban J connectivity index is 1.47. The summed E-state index contributed by atoms with van der Waals surface area (Å²) < 4.78 is 0. The van der Waals surface area contributed by atoms with Crippen LogP contribution in [0, 0.1) is 12.3 Å². The van der Waals surface area contributed by atoms with Crippen molar-refractivity contribution in [2.24, 2.45) is 5.41 Å². The number of aromatic nitrogens is 3. The van der Waals surface area contributed by atoms with E-state index in [4.69, 9.17) is 0 Å². The molecule has 0 aliphatic carbocycles. The fourth-order valence-electron chi connectivity index (χ4n) is 4.05. The minimum atomic E-state index is 0.0949. The van der Waals surface area contributed by atoms with Gasteiger partial charge in [0, 0.05) is 55.9 Å².